The molecule has 0 radical (unpaired) electrons. The van der Waals surface area contributed by atoms with Crippen LogP contribution in [0.4, 0.5) is 0 Å². The highest BCUT2D eigenvalue weighted by Crippen LogP contribution is 2.22. The summed E-state index contributed by atoms with van der Waals surface area (Å²) in [4.78, 5) is 14.7. The number of benzene rings is 1. The fourth-order valence-electron chi connectivity index (χ4n) is 4.32. The first-order chi connectivity index (χ1) is 12.5. The standard InChI is InChI=1S/C21H33N3O2/c1-15-9-16(2)13-24(12-15)14-18-5-3-17(4-6-18)11-23-21(25)20-8-7-19(10-22)26-20/h3-6,15-16,19-20H,7-14,22H2,1-2H3,(H,23,25)/t15?,16?,19-,20+/m1/s1. The van der Waals surface area contributed by atoms with Gasteiger partial charge in [0.15, 0.2) is 0 Å². The van der Waals surface area contributed by atoms with E-state index in [4.69, 9.17) is 10.5 Å². The van der Waals surface area contributed by atoms with Crippen LogP contribution in [0.5, 0.6) is 0 Å². The van der Waals surface area contributed by atoms with Crippen molar-refractivity contribution in [1.82, 2.24) is 10.2 Å². The van der Waals surface area contributed by atoms with Crippen molar-refractivity contribution in [2.75, 3.05) is 19.6 Å². The molecule has 1 amide bonds. The average Bonchev–Trinajstić information content (AvgIpc) is 3.09. The molecule has 144 valence electrons. The van der Waals surface area contributed by atoms with Gasteiger partial charge in [-0.15, -0.1) is 0 Å². The van der Waals surface area contributed by atoms with Crippen LogP contribution in [0.1, 0.15) is 44.2 Å². The van der Waals surface area contributed by atoms with Crippen LogP contribution in [-0.2, 0) is 22.6 Å². The molecule has 2 aliphatic rings. The zero-order valence-electron chi connectivity index (χ0n) is 16.1. The number of rotatable bonds is 6. The van der Waals surface area contributed by atoms with Crippen LogP contribution in [0.2, 0.25) is 0 Å². The lowest BCUT2D eigenvalue weighted by Crippen LogP contribution is -2.38. The Morgan fingerprint density at radius 1 is 1.15 bits per heavy atom. The smallest absolute Gasteiger partial charge is 0.249 e. The van der Waals surface area contributed by atoms with E-state index in [1.807, 2.05) is 0 Å². The van der Waals surface area contributed by atoms with Gasteiger partial charge in [-0.05, 0) is 42.2 Å². The third-order valence-electron chi connectivity index (χ3n) is 5.50. The van der Waals surface area contributed by atoms with Gasteiger partial charge in [0.25, 0.3) is 0 Å². The molecule has 2 aliphatic heterocycles. The van der Waals surface area contributed by atoms with Gasteiger partial charge in [0, 0.05) is 32.7 Å². The lowest BCUT2D eigenvalue weighted by Gasteiger charge is -2.35. The second-order valence-corrected chi connectivity index (χ2v) is 8.23. The maximum Gasteiger partial charge on any atom is 0.249 e. The van der Waals surface area contributed by atoms with Gasteiger partial charge < -0.3 is 15.8 Å². The minimum absolute atomic E-state index is 0.0266. The molecule has 26 heavy (non-hydrogen) atoms. The Kier molecular flexibility index (Phi) is 6.68. The highest BCUT2D eigenvalue weighted by Gasteiger charge is 2.29. The van der Waals surface area contributed by atoms with Crippen molar-refractivity contribution in [1.29, 1.82) is 0 Å². The lowest BCUT2D eigenvalue weighted by molar-refractivity contribution is -0.132. The van der Waals surface area contributed by atoms with Crippen molar-refractivity contribution in [3.05, 3.63) is 35.4 Å². The monoisotopic (exact) mass is 359 g/mol. The molecule has 0 spiro atoms. The molecule has 1 aromatic carbocycles. The lowest BCUT2D eigenvalue weighted by atomic mass is 9.91. The summed E-state index contributed by atoms with van der Waals surface area (Å²) in [6.45, 7) is 9.11. The third-order valence-corrected chi connectivity index (χ3v) is 5.50. The highest BCUT2D eigenvalue weighted by molar-refractivity contribution is 5.81. The van der Waals surface area contributed by atoms with Gasteiger partial charge >= 0.3 is 0 Å². The molecule has 0 aliphatic carbocycles. The van der Waals surface area contributed by atoms with Crippen LogP contribution in [0.3, 0.4) is 0 Å². The molecule has 4 atom stereocenters. The Labute approximate surface area is 157 Å². The first kappa shape index (κ1) is 19.3. The molecule has 2 heterocycles. The van der Waals surface area contributed by atoms with Crippen LogP contribution in [0, 0.1) is 11.8 Å². The number of piperidine rings is 1. The fraction of sp³-hybridized carbons (Fsp3) is 0.667. The third kappa shape index (κ3) is 5.29. The molecule has 3 N–H and O–H groups in total. The van der Waals surface area contributed by atoms with E-state index in [-0.39, 0.29) is 18.1 Å². The molecular weight excluding hydrogens is 326 g/mol. The summed E-state index contributed by atoms with van der Waals surface area (Å²) in [5, 5.41) is 2.98. The van der Waals surface area contributed by atoms with Crippen LogP contribution in [0.25, 0.3) is 0 Å². The number of likely N-dealkylation sites (tertiary alicyclic amines) is 1. The fourth-order valence-corrected chi connectivity index (χ4v) is 4.32. The van der Waals surface area contributed by atoms with E-state index in [9.17, 15) is 4.79 Å². The molecule has 2 fully saturated rings. The summed E-state index contributed by atoms with van der Waals surface area (Å²) in [7, 11) is 0. The number of ether oxygens (including phenoxy) is 1. The number of carbonyl (C=O) groups is 1. The van der Waals surface area contributed by atoms with Crippen molar-refractivity contribution < 1.29 is 9.53 Å². The second kappa shape index (κ2) is 8.98. The van der Waals surface area contributed by atoms with Crippen LogP contribution in [0.15, 0.2) is 24.3 Å². The van der Waals surface area contributed by atoms with Gasteiger partial charge in [-0.3, -0.25) is 9.69 Å². The minimum atomic E-state index is -0.342. The van der Waals surface area contributed by atoms with Gasteiger partial charge in [-0.25, -0.2) is 0 Å². The van der Waals surface area contributed by atoms with E-state index in [0.29, 0.717) is 13.1 Å². The van der Waals surface area contributed by atoms with Gasteiger partial charge in [0.1, 0.15) is 6.10 Å². The average molecular weight is 360 g/mol. The van der Waals surface area contributed by atoms with E-state index >= 15 is 0 Å². The van der Waals surface area contributed by atoms with Crippen molar-refractivity contribution in [2.45, 2.75) is 58.4 Å². The zero-order valence-corrected chi connectivity index (χ0v) is 16.1. The second-order valence-electron chi connectivity index (χ2n) is 8.23. The van der Waals surface area contributed by atoms with Crippen molar-refractivity contribution in [3.63, 3.8) is 0 Å². The summed E-state index contributed by atoms with van der Waals surface area (Å²) in [6.07, 6.45) is 2.67. The van der Waals surface area contributed by atoms with Crippen LogP contribution >= 0.6 is 0 Å². The Hall–Kier alpha value is -1.43. The molecule has 1 aromatic rings. The normalized spacial score (nSPS) is 29.7. The van der Waals surface area contributed by atoms with Gasteiger partial charge in [0.2, 0.25) is 5.91 Å². The topological polar surface area (TPSA) is 67.6 Å². The number of nitrogens with zero attached hydrogens (tertiary/aromatic N) is 1. The van der Waals surface area contributed by atoms with Crippen molar-refractivity contribution in [2.24, 2.45) is 17.6 Å². The minimum Gasteiger partial charge on any atom is -0.364 e. The molecule has 0 saturated carbocycles. The van der Waals surface area contributed by atoms with Crippen molar-refractivity contribution in [3.8, 4) is 0 Å². The number of carbonyl (C=O) groups excluding carboxylic acids is 1. The Bertz CT molecular complexity index is 579. The van der Waals surface area contributed by atoms with E-state index in [0.717, 1.165) is 36.8 Å². The van der Waals surface area contributed by atoms with Gasteiger partial charge in [0.05, 0.1) is 6.10 Å². The molecule has 5 nitrogen and oxygen atoms in total. The number of nitrogens with two attached hydrogens (primary N) is 1. The predicted molar refractivity (Wildman–Crippen MR) is 103 cm³/mol. The highest BCUT2D eigenvalue weighted by atomic mass is 16.5. The molecular formula is C21H33N3O2. The first-order valence-corrected chi connectivity index (χ1v) is 9.97. The molecule has 2 saturated heterocycles. The molecule has 0 bridgehead atoms. The largest absolute Gasteiger partial charge is 0.364 e. The summed E-state index contributed by atoms with van der Waals surface area (Å²) >= 11 is 0. The number of amides is 1. The molecule has 5 heteroatoms. The summed E-state index contributed by atoms with van der Waals surface area (Å²) in [6, 6.07) is 8.60. The number of hydrogen-bond donors (Lipinski definition) is 2. The Morgan fingerprint density at radius 3 is 2.42 bits per heavy atom. The SMILES string of the molecule is CC1CC(C)CN(Cc2ccc(CNC(=O)[C@@H]3CC[C@H](CN)O3)cc2)C1. The Morgan fingerprint density at radius 2 is 1.81 bits per heavy atom. The summed E-state index contributed by atoms with van der Waals surface area (Å²) < 4.78 is 5.64. The van der Waals surface area contributed by atoms with E-state index in [1.54, 1.807) is 0 Å². The molecule has 2 unspecified atom stereocenters. The number of hydrogen-bond acceptors (Lipinski definition) is 4. The van der Waals surface area contributed by atoms with E-state index in [1.165, 1.54) is 25.1 Å². The van der Waals surface area contributed by atoms with Crippen molar-refractivity contribution >= 4 is 5.91 Å². The maximum absolute atomic E-state index is 12.2. The zero-order chi connectivity index (χ0) is 18.5. The summed E-state index contributed by atoms with van der Waals surface area (Å²) in [5.74, 6) is 1.54. The van der Waals surface area contributed by atoms with E-state index in [2.05, 4.69) is 48.3 Å². The first-order valence-electron chi connectivity index (χ1n) is 9.97. The van der Waals surface area contributed by atoms with Gasteiger partial charge in [-0.1, -0.05) is 38.1 Å². The number of nitrogens with one attached hydrogen (secondary N) is 1. The quantitative estimate of drug-likeness (QED) is 0.818. The Balaban J connectivity index is 1.45. The van der Waals surface area contributed by atoms with Gasteiger partial charge in [-0.2, -0.15) is 0 Å². The van der Waals surface area contributed by atoms with Crippen LogP contribution in [-0.4, -0.2) is 42.6 Å². The maximum atomic E-state index is 12.2. The van der Waals surface area contributed by atoms with E-state index < -0.39 is 0 Å². The molecule has 3 rings (SSSR count). The summed E-state index contributed by atoms with van der Waals surface area (Å²) in [5.41, 5.74) is 8.06. The predicted octanol–water partition coefficient (Wildman–Crippen LogP) is 2.29. The molecule has 0 aromatic heterocycles. The van der Waals surface area contributed by atoms with Crippen LogP contribution < -0.4 is 11.1 Å².